The van der Waals surface area contributed by atoms with E-state index < -0.39 is 0 Å². The molecule has 0 aliphatic heterocycles. The first kappa shape index (κ1) is 16.7. The first-order chi connectivity index (χ1) is 12.5. The minimum absolute atomic E-state index is 0. The Balaban J connectivity index is 0.00000210. The van der Waals surface area contributed by atoms with Crippen LogP contribution in [0.1, 0.15) is 26.2 Å². The molecule has 0 spiro atoms. The van der Waals surface area contributed by atoms with Gasteiger partial charge < -0.3 is 10.1 Å². The number of aryl methyl sites for hydroxylation is 1. The number of hydrogen-bond donors (Lipinski definition) is 1. The molecule has 0 atom stereocenters. The smallest absolute Gasteiger partial charge is 0.243 e. The summed E-state index contributed by atoms with van der Waals surface area (Å²) in [6.07, 6.45) is 8.14. The Morgan fingerprint density at radius 1 is 1.58 bits per heavy atom. The van der Waals surface area contributed by atoms with Crippen LogP contribution in [0.2, 0.25) is 0 Å². The molecule has 1 aliphatic carbocycles. The Kier molecular flexibility index (Phi) is 3.99. The second-order valence-corrected chi connectivity index (χ2v) is 7.94. The van der Waals surface area contributed by atoms with Crippen molar-refractivity contribution in [1.29, 1.82) is 0 Å². The number of amides is 1. The van der Waals surface area contributed by atoms with E-state index in [4.69, 9.17) is 9.72 Å². The van der Waals surface area contributed by atoms with Crippen LogP contribution in [0, 0.1) is 6.92 Å². The molecule has 0 unspecified atom stereocenters. The van der Waals surface area contributed by atoms with Crippen LogP contribution in [0.4, 0.5) is 0 Å². The molecular weight excluding hydrogens is 350 g/mol. The number of hydrogen-bond acceptors (Lipinski definition) is 6. The first-order valence-electron chi connectivity index (χ1n) is 8.35. The highest BCUT2D eigenvalue weighted by Crippen LogP contribution is 2.38. The summed E-state index contributed by atoms with van der Waals surface area (Å²) in [5.74, 6) is 0.387. The molecule has 26 heavy (non-hydrogen) atoms. The van der Waals surface area contributed by atoms with Crippen LogP contribution in [-0.4, -0.2) is 37.1 Å². The van der Waals surface area contributed by atoms with Crippen molar-refractivity contribution >= 4 is 22.8 Å². The predicted octanol–water partition coefficient (Wildman–Crippen LogP) is 3.01. The number of nitrogens with one attached hydrogen (secondary N) is 1. The van der Waals surface area contributed by atoms with Gasteiger partial charge in [-0.2, -0.15) is 5.10 Å². The van der Waals surface area contributed by atoms with Crippen molar-refractivity contribution < 1.29 is 11.0 Å². The van der Waals surface area contributed by atoms with Crippen LogP contribution < -0.4 is 10.1 Å². The average molecular weight is 371 g/mol. The van der Waals surface area contributed by atoms with E-state index in [-0.39, 0.29) is 19.0 Å². The minimum Gasteiger partial charge on any atom is -0.470 e. The van der Waals surface area contributed by atoms with E-state index in [1.165, 1.54) is 6.08 Å². The van der Waals surface area contributed by atoms with Crippen LogP contribution in [0.25, 0.3) is 16.1 Å². The van der Waals surface area contributed by atoms with E-state index in [1.807, 2.05) is 32.3 Å². The summed E-state index contributed by atoms with van der Waals surface area (Å²) in [6.45, 7) is 7.47. The van der Waals surface area contributed by atoms with Crippen molar-refractivity contribution in [3.63, 3.8) is 0 Å². The van der Waals surface area contributed by atoms with E-state index >= 15 is 0 Å². The van der Waals surface area contributed by atoms with Crippen LogP contribution >= 0.6 is 11.3 Å². The van der Waals surface area contributed by atoms with Gasteiger partial charge in [-0.25, -0.2) is 14.5 Å². The average Bonchev–Trinajstić information content (AvgIpc) is 3.21. The Bertz CT molecular complexity index is 993. The normalized spacial score (nSPS) is 22.0. The quantitative estimate of drug-likeness (QED) is 0.697. The van der Waals surface area contributed by atoms with Gasteiger partial charge in [-0.15, -0.1) is 11.3 Å². The van der Waals surface area contributed by atoms with Crippen LogP contribution in [-0.2, 0) is 4.79 Å². The number of fused-ring (bicyclic) bond motifs is 1. The Morgan fingerprint density at radius 3 is 3.08 bits per heavy atom. The summed E-state index contributed by atoms with van der Waals surface area (Å²) < 4.78 is 8.03. The highest BCUT2D eigenvalue weighted by atomic mass is 32.1. The van der Waals surface area contributed by atoms with Gasteiger partial charge in [0, 0.05) is 26.5 Å². The van der Waals surface area contributed by atoms with Gasteiger partial charge >= 0.3 is 0 Å². The lowest BCUT2D eigenvalue weighted by molar-refractivity contribution is -0.119. The summed E-state index contributed by atoms with van der Waals surface area (Å²) in [7, 11) is 0. The maximum atomic E-state index is 11.4. The third kappa shape index (κ3) is 3.08. The molecule has 136 valence electrons. The molecule has 1 N–H and O–H groups in total. The van der Waals surface area contributed by atoms with Crippen LogP contribution in [0.15, 0.2) is 37.3 Å². The molecule has 1 fully saturated rings. The van der Waals surface area contributed by atoms with Gasteiger partial charge in [0.05, 0.1) is 22.3 Å². The van der Waals surface area contributed by atoms with Gasteiger partial charge in [0.15, 0.2) is 0 Å². The Morgan fingerprint density at radius 2 is 2.38 bits per heavy atom. The number of carbonyl (C=O) groups excluding carboxylic acids is 1. The zero-order valence-corrected chi connectivity index (χ0v) is 15.4. The molecule has 3 aromatic heterocycles. The number of ether oxygens (including phenoxy) is 1. The number of thiazole rings is 1. The molecule has 0 radical (unpaired) electrons. The molecule has 3 heterocycles. The molecule has 1 saturated carbocycles. The van der Waals surface area contributed by atoms with Crippen molar-refractivity contribution in [1.82, 2.24) is 24.9 Å². The van der Waals surface area contributed by atoms with Crippen LogP contribution in [0.5, 0.6) is 5.88 Å². The summed E-state index contributed by atoms with van der Waals surface area (Å²) >= 11 is 1.58. The van der Waals surface area contributed by atoms with Crippen molar-refractivity contribution in [2.24, 2.45) is 0 Å². The fourth-order valence-corrected chi connectivity index (χ4v) is 3.97. The number of aromatic nitrogens is 4. The summed E-state index contributed by atoms with van der Waals surface area (Å²) in [4.78, 5) is 21.4. The lowest BCUT2D eigenvalue weighted by Gasteiger charge is -2.44. The lowest BCUT2D eigenvalue weighted by atomic mass is 9.77. The van der Waals surface area contributed by atoms with E-state index in [9.17, 15) is 4.79 Å². The Hall–Kier alpha value is -2.74. The molecular formula is C18H21N5O2S. The van der Waals surface area contributed by atoms with E-state index in [0.717, 1.165) is 33.9 Å². The zero-order valence-electron chi connectivity index (χ0n) is 14.6. The molecule has 7 nitrogen and oxygen atoms in total. The standard InChI is InChI=1S/C18H19N5O2S.H2/c1-4-16(24)21-12-7-18(3,8-12)25-17-14-5-6-20-23(14)10-13(22-17)15-9-19-11(2)26-15;/h4-6,9-10,12H,1,7-8H2,2-3H3,(H,21,24);1H. The molecule has 1 aliphatic rings. The molecule has 8 heteroatoms. The molecule has 0 saturated heterocycles. The summed E-state index contributed by atoms with van der Waals surface area (Å²) in [5.41, 5.74) is 1.22. The molecule has 0 aromatic carbocycles. The predicted molar refractivity (Wildman–Crippen MR) is 101 cm³/mol. The highest BCUT2D eigenvalue weighted by Gasteiger charge is 2.43. The molecule has 0 bridgehead atoms. The fraction of sp³-hybridized carbons (Fsp3) is 0.333. The third-order valence-electron chi connectivity index (χ3n) is 4.46. The monoisotopic (exact) mass is 371 g/mol. The second kappa shape index (κ2) is 6.21. The maximum absolute atomic E-state index is 11.4. The largest absolute Gasteiger partial charge is 0.470 e. The van der Waals surface area contributed by atoms with Crippen molar-refractivity contribution in [2.75, 3.05) is 0 Å². The third-order valence-corrected chi connectivity index (χ3v) is 5.40. The summed E-state index contributed by atoms with van der Waals surface area (Å²) in [6, 6.07) is 1.97. The van der Waals surface area contributed by atoms with Gasteiger partial charge in [0.2, 0.25) is 11.8 Å². The number of carbonyl (C=O) groups is 1. The molecule has 3 aromatic rings. The summed E-state index contributed by atoms with van der Waals surface area (Å²) in [5, 5.41) is 8.20. The van der Waals surface area contributed by atoms with Crippen molar-refractivity contribution in [3.8, 4) is 16.5 Å². The fourth-order valence-electron chi connectivity index (χ4n) is 3.23. The molecule has 4 rings (SSSR count). The van der Waals surface area contributed by atoms with Gasteiger partial charge in [-0.05, 0) is 26.0 Å². The van der Waals surface area contributed by atoms with Gasteiger partial charge in [-0.1, -0.05) is 6.58 Å². The van der Waals surface area contributed by atoms with E-state index in [2.05, 4.69) is 22.0 Å². The lowest BCUT2D eigenvalue weighted by Crippen LogP contribution is -2.56. The Labute approximate surface area is 156 Å². The second-order valence-electron chi connectivity index (χ2n) is 6.71. The van der Waals surface area contributed by atoms with Gasteiger partial charge in [-0.3, -0.25) is 4.79 Å². The molecule has 1 amide bonds. The highest BCUT2D eigenvalue weighted by molar-refractivity contribution is 7.15. The van der Waals surface area contributed by atoms with E-state index in [0.29, 0.717) is 5.88 Å². The topological polar surface area (TPSA) is 81.4 Å². The van der Waals surface area contributed by atoms with Crippen LogP contribution in [0.3, 0.4) is 0 Å². The first-order valence-corrected chi connectivity index (χ1v) is 9.16. The van der Waals surface area contributed by atoms with Crippen molar-refractivity contribution in [2.45, 2.75) is 38.3 Å². The van der Waals surface area contributed by atoms with Crippen molar-refractivity contribution in [3.05, 3.63) is 42.3 Å². The minimum atomic E-state index is -0.376. The van der Waals surface area contributed by atoms with Gasteiger partial charge in [0.1, 0.15) is 16.8 Å². The SMILES string of the molecule is C=CC(=O)NC1CC(C)(Oc2nc(-c3cnc(C)s3)cn3nccc23)C1.[HH]. The number of rotatable bonds is 5. The van der Waals surface area contributed by atoms with Gasteiger partial charge in [0.25, 0.3) is 0 Å². The maximum Gasteiger partial charge on any atom is 0.243 e. The van der Waals surface area contributed by atoms with E-state index in [1.54, 1.807) is 22.0 Å². The zero-order chi connectivity index (χ0) is 18.3. The number of nitrogens with zero attached hydrogens (tertiary/aromatic N) is 4.